The van der Waals surface area contributed by atoms with Crippen LogP contribution in [-0.4, -0.2) is 17.9 Å². The number of aryl methyl sites for hydroxylation is 1. The summed E-state index contributed by atoms with van der Waals surface area (Å²) >= 11 is 12.3. The molecule has 0 bridgehead atoms. The number of halogens is 2. The van der Waals surface area contributed by atoms with Gasteiger partial charge in [-0.25, -0.2) is 9.96 Å². The van der Waals surface area contributed by atoms with Gasteiger partial charge in [-0.05, 0) is 42.8 Å². The van der Waals surface area contributed by atoms with E-state index in [4.69, 9.17) is 28.0 Å². The Morgan fingerprint density at radius 1 is 0.871 bits per heavy atom. The van der Waals surface area contributed by atoms with Gasteiger partial charge in [0, 0.05) is 5.02 Å². The van der Waals surface area contributed by atoms with Crippen LogP contribution in [0.4, 0.5) is 11.4 Å². The van der Waals surface area contributed by atoms with Gasteiger partial charge in [0.2, 0.25) is 5.91 Å². The van der Waals surface area contributed by atoms with Crippen molar-refractivity contribution in [2.75, 3.05) is 9.96 Å². The van der Waals surface area contributed by atoms with E-state index in [9.17, 15) is 9.59 Å². The third-order valence-electron chi connectivity index (χ3n) is 5.70. The molecule has 5 rings (SSSR count). The van der Waals surface area contributed by atoms with Gasteiger partial charge in [-0.2, -0.15) is 0 Å². The van der Waals surface area contributed by atoms with Crippen molar-refractivity contribution < 1.29 is 14.4 Å². The Bertz CT molecular complexity index is 1170. The standard InChI is InChI=1S/C24H18Cl2N2O3/c1-14-7-9-15(10-8-14)21-20-22(31-28(21)17-5-3-2-4-6-17)24(30)27(23(20)29)19-12-11-16(25)13-18(19)26/h2-13,20-22H,1H3/t20-,21+,22+/m1/s1. The van der Waals surface area contributed by atoms with Gasteiger partial charge in [-0.15, -0.1) is 0 Å². The van der Waals surface area contributed by atoms with E-state index >= 15 is 0 Å². The summed E-state index contributed by atoms with van der Waals surface area (Å²) in [5.41, 5.74) is 3.09. The first-order valence-corrected chi connectivity index (χ1v) is 10.6. The second kappa shape index (κ2) is 7.68. The molecule has 31 heavy (non-hydrogen) atoms. The lowest BCUT2D eigenvalue weighted by Crippen LogP contribution is -2.37. The Balaban J connectivity index is 1.59. The molecular weight excluding hydrogens is 435 g/mol. The van der Waals surface area contributed by atoms with Gasteiger partial charge in [-0.1, -0.05) is 71.2 Å². The predicted molar refractivity (Wildman–Crippen MR) is 120 cm³/mol. The summed E-state index contributed by atoms with van der Waals surface area (Å²) in [5, 5.41) is 2.34. The topological polar surface area (TPSA) is 49.9 Å². The molecule has 0 radical (unpaired) electrons. The Labute approximate surface area is 189 Å². The van der Waals surface area contributed by atoms with Crippen molar-refractivity contribution >= 4 is 46.4 Å². The summed E-state index contributed by atoms with van der Waals surface area (Å²) in [6.45, 7) is 2.00. The first-order valence-electron chi connectivity index (χ1n) is 9.86. The number of nitrogens with zero attached hydrogens (tertiary/aromatic N) is 2. The van der Waals surface area contributed by atoms with Gasteiger partial charge >= 0.3 is 0 Å². The number of hydrogen-bond acceptors (Lipinski definition) is 4. The zero-order chi connectivity index (χ0) is 21.7. The predicted octanol–water partition coefficient (Wildman–Crippen LogP) is 5.35. The molecule has 5 nitrogen and oxygen atoms in total. The van der Waals surface area contributed by atoms with Gasteiger partial charge in [-0.3, -0.25) is 14.4 Å². The largest absolute Gasteiger partial charge is 0.273 e. The van der Waals surface area contributed by atoms with Gasteiger partial charge < -0.3 is 0 Å². The molecule has 156 valence electrons. The molecule has 2 heterocycles. The van der Waals surface area contributed by atoms with Crippen LogP contribution in [0.3, 0.4) is 0 Å². The highest BCUT2D eigenvalue weighted by atomic mass is 35.5. The quantitative estimate of drug-likeness (QED) is 0.502. The number of amides is 2. The molecule has 3 aromatic carbocycles. The van der Waals surface area contributed by atoms with Crippen LogP contribution in [0.15, 0.2) is 72.8 Å². The second-order valence-corrected chi connectivity index (χ2v) is 8.52. The second-order valence-electron chi connectivity index (χ2n) is 7.68. The molecule has 3 atom stereocenters. The van der Waals surface area contributed by atoms with Crippen LogP contribution in [-0.2, 0) is 14.4 Å². The van der Waals surface area contributed by atoms with Crippen LogP contribution in [0, 0.1) is 12.8 Å². The number of imide groups is 1. The van der Waals surface area contributed by atoms with E-state index in [0.29, 0.717) is 10.7 Å². The third kappa shape index (κ3) is 3.30. The number of para-hydroxylation sites is 1. The summed E-state index contributed by atoms with van der Waals surface area (Å²) in [6.07, 6.45) is -0.939. The summed E-state index contributed by atoms with van der Waals surface area (Å²) in [4.78, 5) is 34.1. The summed E-state index contributed by atoms with van der Waals surface area (Å²) in [6, 6.07) is 21.6. The molecule has 2 aliphatic rings. The van der Waals surface area contributed by atoms with E-state index in [1.165, 1.54) is 6.07 Å². The number of carbonyl (C=O) groups excluding carboxylic acids is 2. The minimum atomic E-state index is -0.939. The van der Waals surface area contributed by atoms with Crippen molar-refractivity contribution in [2.45, 2.75) is 19.1 Å². The van der Waals surface area contributed by atoms with Crippen molar-refractivity contribution in [3.63, 3.8) is 0 Å². The van der Waals surface area contributed by atoms with Crippen LogP contribution in [0.25, 0.3) is 0 Å². The lowest BCUT2D eigenvalue weighted by atomic mass is 9.90. The third-order valence-corrected chi connectivity index (χ3v) is 6.23. The van der Waals surface area contributed by atoms with Gasteiger partial charge in [0.15, 0.2) is 6.10 Å². The molecule has 0 spiro atoms. The number of hydroxylamine groups is 1. The van der Waals surface area contributed by atoms with E-state index in [-0.39, 0.29) is 10.9 Å². The Hall–Kier alpha value is -2.86. The van der Waals surface area contributed by atoms with E-state index < -0.39 is 24.0 Å². The zero-order valence-electron chi connectivity index (χ0n) is 16.5. The number of anilines is 2. The van der Waals surface area contributed by atoms with Crippen LogP contribution in [0.2, 0.25) is 10.0 Å². The first kappa shape index (κ1) is 20.1. The molecule has 7 heteroatoms. The van der Waals surface area contributed by atoms with Gasteiger partial charge in [0.1, 0.15) is 5.92 Å². The van der Waals surface area contributed by atoms with Crippen LogP contribution in [0.5, 0.6) is 0 Å². The SMILES string of the molecule is Cc1ccc([C@H]2[C@H]3C(=O)N(c4ccc(Cl)cc4Cl)C(=O)[C@H]3ON2c2ccccc2)cc1. The molecule has 2 aliphatic heterocycles. The number of fused-ring (bicyclic) bond motifs is 1. The number of carbonyl (C=O) groups is 2. The maximum absolute atomic E-state index is 13.6. The van der Waals surface area contributed by atoms with Crippen molar-refractivity contribution in [1.82, 2.24) is 0 Å². The summed E-state index contributed by atoms with van der Waals surface area (Å²) in [5.74, 6) is -1.49. The molecule has 2 fully saturated rings. The minimum absolute atomic E-state index is 0.237. The van der Waals surface area contributed by atoms with Crippen molar-refractivity contribution in [2.24, 2.45) is 5.92 Å². The molecule has 0 N–H and O–H groups in total. The lowest BCUT2D eigenvalue weighted by Gasteiger charge is -2.29. The smallest absolute Gasteiger partial charge is 0.266 e. The minimum Gasteiger partial charge on any atom is -0.273 e. The lowest BCUT2D eigenvalue weighted by molar-refractivity contribution is -0.126. The monoisotopic (exact) mass is 452 g/mol. The fourth-order valence-corrected chi connectivity index (χ4v) is 4.71. The highest BCUT2D eigenvalue weighted by Crippen LogP contribution is 2.48. The van der Waals surface area contributed by atoms with E-state index in [0.717, 1.165) is 21.7 Å². The van der Waals surface area contributed by atoms with Gasteiger partial charge in [0.05, 0.1) is 22.4 Å². The van der Waals surface area contributed by atoms with E-state index in [1.54, 1.807) is 17.2 Å². The fourth-order valence-electron chi connectivity index (χ4n) is 4.22. The normalized spacial score (nSPS) is 22.9. The maximum Gasteiger partial charge on any atom is 0.266 e. The molecule has 2 amide bonds. The molecule has 0 saturated carbocycles. The van der Waals surface area contributed by atoms with Crippen molar-refractivity contribution in [3.8, 4) is 0 Å². The Morgan fingerprint density at radius 3 is 2.26 bits per heavy atom. The molecular formula is C24H18Cl2N2O3. The highest BCUT2D eigenvalue weighted by Gasteiger charge is 2.60. The molecule has 0 aromatic heterocycles. The number of benzene rings is 3. The van der Waals surface area contributed by atoms with Crippen molar-refractivity contribution in [3.05, 3.63) is 94.0 Å². The summed E-state index contributed by atoms with van der Waals surface area (Å²) in [7, 11) is 0. The Morgan fingerprint density at radius 2 is 1.58 bits per heavy atom. The number of hydrogen-bond donors (Lipinski definition) is 0. The molecule has 3 aromatic rings. The molecule has 0 aliphatic carbocycles. The van der Waals surface area contributed by atoms with Crippen LogP contribution < -0.4 is 9.96 Å². The van der Waals surface area contributed by atoms with Crippen molar-refractivity contribution in [1.29, 1.82) is 0 Å². The van der Waals surface area contributed by atoms with E-state index in [2.05, 4.69) is 0 Å². The fraction of sp³-hybridized carbons (Fsp3) is 0.167. The zero-order valence-corrected chi connectivity index (χ0v) is 18.0. The average molecular weight is 453 g/mol. The van der Waals surface area contributed by atoms with E-state index in [1.807, 2.05) is 61.5 Å². The average Bonchev–Trinajstić information content (AvgIpc) is 3.26. The van der Waals surface area contributed by atoms with Crippen LogP contribution >= 0.6 is 23.2 Å². The molecule has 2 saturated heterocycles. The maximum atomic E-state index is 13.6. The number of rotatable bonds is 3. The molecule has 0 unspecified atom stereocenters. The Kier molecular flexibility index (Phi) is 4.97. The van der Waals surface area contributed by atoms with Crippen LogP contribution in [0.1, 0.15) is 17.2 Å². The first-order chi connectivity index (χ1) is 15.0. The highest BCUT2D eigenvalue weighted by molar-refractivity contribution is 6.38. The summed E-state index contributed by atoms with van der Waals surface area (Å²) < 4.78 is 0. The van der Waals surface area contributed by atoms with Gasteiger partial charge in [0.25, 0.3) is 5.91 Å².